The molecule has 0 aromatic carbocycles. The smallest absolute Gasteiger partial charge is 0.310 e. The molecule has 1 aromatic heterocycles. The van der Waals surface area contributed by atoms with Crippen LogP contribution in [0.3, 0.4) is 0 Å². The van der Waals surface area contributed by atoms with E-state index in [1.54, 1.807) is 6.20 Å². The minimum Gasteiger partial charge on any atom is -0.466 e. The summed E-state index contributed by atoms with van der Waals surface area (Å²) in [7, 11) is 0. The Morgan fingerprint density at radius 1 is 1.79 bits per heavy atom. The first-order valence-electron chi connectivity index (χ1n) is 4.98. The molecule has 0 fully saturated rings. The Labute approximate surface area is 82.9 Å². The Kier molecular flexibility index (Phi) is 2.52. The zero-order valence-electron chi connectivity index (χ0n) is 8.27. The number of carbonyl (C=O) groups is 1. The highest BCUT2D eigenvalue weighted by molar-refractivity contribution is 5.72. The predicted molar refractivity (Wildman–Crippen MR) is 50.7 cm³/mol. The molecule has 0 amide bonds. The fourth-order valence-electron chi connectivity index (χ4n) is 1.82. The normalized spacial score (nSPS) is 20.2. The van der Waals surface area contributed by atoms with Gasteiger partial charge in [0, 0.05) is 25.4 Å². The zero-order valence-corrected chi connectivity index (χ0v) is 8.27. The van der Waals surface area contributed by atoms with Crippen LogP contribution in [0.15, 0.2) is 12.4 Å². The molecule has 0 saturated carbocycles. The van der Waals surface area contributed by atoms with Gasteiger partial charge in [0.1, 0.15) is 5.82 Å². The standard InChI is InChI=1S/C10H14N2O2/c1-2-14-10(13)8-3-4-9-11-5-6-12(9)7-8/h5-6,8H,2-4,7H2,1H3/t8-/m1/s1. The minimum absolute atomic E-state index is 0.0108. The minimum atomic E-state index is -0.0770. The number of hydrogen-bond acceptors (Lipinski definition) is 3. The number of esters is 1. The summed E-state index contributed by atoms with van der Waals surface area (Å²) in [5.74, 6) is 1.01. The second-order valence-corrected chi connectivity index (χ2v) is 3.48. The summed E-state index contributed by atoms with van der Waals surface area (Å²) in [5.41, 5.74) is 0. The molecule has 2 heterocycles. The van der Waals surface area contributed by atoms with Crippen LogP contribution in [0.25, 0.3) is 0 Å². The van der Waals surface area contributed by atoms with E-state index in [4.69, 9.17) is 4.74 Å². The summed E-state index contributed by atoms with van der Waals surface area (Å²) < 4.78 is 7.03. The van der Waals surface area contributed by atoms with E-state index in [1.807, 2.05) is 17.7 Å². The van der Waals surface area contributed by atoms with Crippen LogP contribution < -0.4 is 0 Å². The van der Waals surface area contributed by atoms with Gasteiger partial charge in [0.25, 0.3) is 0 Å². The third-order valence-corrected chi connectivity index (χ3v) is 2.56. The van der Waals surface area contributed by atoms with Crippen LogP contribution in [-0.4, -0.2) is 22.1 Å². The van der Waals surface area contributed by atoms with Crippen LogP contribution in [0, 0.1) is 5.92 Å². The van der Waals surface area contributed by atoms with Crippen molar-refractivity contribution in [3.8, 4) is 0 Å². The summed E-state index contributed by atoms with van der Waals surface area (Å²) in [4.78, 5) is 15.7. The maximum Gasteiger partial charge on any atom is 0.310 e. The Morgan fingerprint density at radius 2 is 2.64 bits per heavy atom. The van der Waals surface area contributed by atoms with Crippen molar-refractivity contribution in [3.05, 3.63) is 18.2 Å². The van der Waals surface area contributed by atoms with Crippen LogP contribution >= 0.6 is 0 Å². The van der Waals surface area contributed by atoms with Gasteiger partial charge in [-0.05, 0) is 13.3 Å². The molecule has 1 atom stereocenters. The largest absolute Gasteiger partial charge is 0.466 e. The van der Waals surface area contributed by atoms with E-state index < -0.39 is 0 Å². The van der Waals surface area contributed by atoms with Crippen LogP contribution in [-0.2, 0) is 22.5 Å². The zero-order chi connectivity index (χ0) is 9.97. The molecule has 0 radical (unpaired) electrons. The summed E-state index contributed by atoms with van der Waals surface area (Å²) in [6, 6.07) is 0. The molecular formula is C10H14N2O2. The number of fused-ring (bicyclic) bond motifs is 1. The molecule has 0 N–H and O–H groups in total. The van der Waals surface area contributed by atoms with Crippen molar-refractivity contribution in [3.63, 3.8) is 0 Å². The summed E-state index contributed by atoms with van der Waals surface area (Å²) in [6.45, 7) is 3.02. The number of aryl methyl sites for hydroxylation is 1. The first kappa shape index (κ1) is 9.24. The van der Waals surface area contributed by atoms with Gasteiger partial charge in [0.05, 0.1) is 12.5 Å². The molecular weight excluding hydrogens is 180 g/mol. The lowest BCUT2D eigenvalue weighted by atomic mass is 10.00. The molecule has 1 aliphatic rings. The van der Waals surface area contributed by atoms with Crippen molar-refractivity contribution in [2.75, 3.05) is 6.61 Å². The first-order valence-corrected chi connectivity index (χ1v) is 4.98. The molecule has 0 bridgehead atoms. The maximum atomic E-state index is 11.5. The van der Waals surface area contributed by atoms with Crippen molar-refractivity contribution >= 4 is 5.97 Å². The molecule has 1 aromatic rings. The Morgan fingerprint density at radius 3 is 3.43 bits per heavy atom. The van der Waals surface area contributed by atoms with E-state index in [9.17, 15) is 4.79 Å². The third-order valence-electron chi connectivity index (χ3n) is 2.56. The molecule has 0 aliphatic carbocycles. The Hall–Kier alpha value is -1.32. The lowest BCUT2D eigenvalue weighted by molar-refractivity contribution is -0.149. The quantitative estimate of drug-likeness (QED) is 0.660. The van der Waals surface area contributed by atoms with Crippen LogP contribution in [0.5, 0.6) is 0 Å². The predicted octanol–water partition coefficient (Wildman–Crippen LogP) is 1.01. The topological polar surface area (TPSA) is 44.1 Å². The van der Waals surface area contributed by atoms with Crippen molar-refractivity contribution in [1.82, 2.24) is 9.55 Å². The highest BCUT2D eigenvalue weighted by Gasteiger charge is 2.25. The van der Waals surface area contributed by atoms with Crippen LogP contribution in [0.1, 0.15) is 19.2 Å². The van der Waals surface area contributed by atoms with E-state index in [0.29, 0.717) is 13.2 Å². The number of nitrogens with zero attached hydrogens (tertiary/aromatic N) is 2. The molecule has 0 spiro atoms. The van der Waals surface area contributed by atoms with E-state index in [2.05, 4.69) is 4.98 Å². The van der Waals surface area contributed by atoms with E-state index in [0.717, 1.165) is 18.7 Å². The lowest BCUT2D eigenvalue weighted by Crippen LogP contribution is -2.28. The second kappa shape index (κ2) is 3.82. The highest BCUT2D eigenvalue weighted by atomic mass is 16.5. The van der Waals surface area contributed by atoms with E-state index in [1.165, 1.54) is 0 Å². The number of ether oxygens (including phenoxy) is 1. The van der Waals surface area contributed by atoms with Gasteiger partial charge in [0.2, 0.25) is 0 Å². The van der Waals surface area contributed by atoms with Crippen molar-refractivity contribution in [2.45, 2.75) is 26.3 Å². The number of imidazole rings is 1. The average Bonchev–Trinajstić information content (AvgIpc) is 2.64. The van der Waals surface area contributed by atoms with Gasteiger partial charge in [-0.25, -0.2) is 4.98 Å². The Bertz CT molecular complexity index is 333. The number of rotatable bonds is 2. The second-order valence-electron chi connectivity index (χ2n) is 3.48. The Balaban J connectivity index is 2.04. The average molecular weight is 194 g/mol. The fraction of sp³-hybridized carbons (Fsp3) is 0.600. The molecule has 0 unspecified atom stereocenters. The van der Waals surface area contributed by atoms with Gasteiger partial charge in [-0.15, -0.1) is 0 Å². The first-order chi connectivity index (χ1) is 6.81. The maximum absolute atomic E-state index is 11.5. The van der Waals surface area contributed by atoms with Crippen LogP contribution in [0.4, 0.5) is 0 Å². The van der Waals surface area contributed by atoms with Gasteiger partial charge >= 0.3 is 5.97 Å². The SMILES string of the molecule is CCOC(=O)[C@@H]1CCc2nccn2C1. The van der Waals surface area contributed by atoms with Gasteiger partial charge < -0.3 is 9.30 Å². The molecule has 14 heavy (non-hydrogen) atoms. The number of hydrogen-bond donors (Lipinski definition) is 0. The number of aromatic nitrogens is 2. The monoisotopic (exact) mass is 194 g/mol. The molecule has 0 saturated heterocycles. The van der Waals surface area contributed by atoms with Gasteiger partial charge in [0.15, 0.2) is 0 Å². The molecule has 76 valence electrons. The molecule has 1 aliphatic heterocycles. The summed E-state index contributed by atoms with van der Waals surface area (Å²) >= 11 is 0. The third kappa shape index (κ3) is 1.64. The fourth-order valence-corrected chi connectivity index (χ4v) is 1.82. The highest BCUT2D eigenvalue weighted by Crippen LogP contribution is 2.19. The summed E-state index contributed by atoms with van der Waals surface area (Å²) in [5, 5.41) is 0. The van der Waals surface area contributed by atoms with E-state index in [-0.39, 0.29) is 11.9 Å². The van der Waals surface area contributed by atoms with Gasteiger partial charge in [-0.2, -0.15) is 0 Å². The van der Waals surface area contributed by atoms with Crippen molar-refractivity contribution in [1.29, 1.82) is 0 Å². The molecule has 4 heteroatoms. The van der Waals surface area contributed by atoms with Gasteiger partial charge in [-0.1, -0.05) is 0 Å². The van der Waals surface area contributed by atoms with E-state index >= 15 is 0 Å². The summed E-state index contributed by atoms with van der Waals surface area (Å²) in [6.07, 6.45) is 5.43. The van der Waals surface area contributed by atoms with Crippen molar-refractivity contribution < 1.29 is 9.53 Å². The molecule has 4 nitrogen and oxygen atoms in total. The van der Waals surface area contributed by atoms with Gasteiger partial charge in [-0.3, -0.25) is 4.79 Å². The van der Waals surface area contributed by atoms with Crippen LogP contribution in [0.2, 0.25) is 0 Å². The molecule has 2 rings (SSSR count). The lowest BCUT2D eigenvalue weighted by Gasteiger charge is -2.21. The van der Waals surface area contributed by atoms with Crippen molar-refractivity contribution in [2.24, 2.45) is 5.92 Å². The number of carbonyl (C=O) groups excluding carboxylic acids is 1.